The van der Waals surface area contributed by atoms with Crippen LogP contribution in [0.15, 0.2) is 12.4 Å². The van der Waals surface area contributed by atoms with E-state index in [1.54, 1.807) is 6.33 Å². The summed E-state index contributed by atoms with van der Waals surface area (Å²) < 4.78 is 0. The van der Waals surface area contributed by atoms with Crippen LogP contribution in [0.2, 0.25) is 0 Å². The highest BCUT2D eigenvalue weighted by atomic mass is 15.1. The largest absolute Gasteiger partial charge is 0.367 e. The maximum atomic E-state index is 8.68. The van der Waals surface area contributed by atoms with Crippen LogP contribution >= 0.6 is 0 Å². The molecule has 1 aromatic rings. The molecule has 0 bridgehead atoms. The van der Waals surface area contributed by atoms with Crippen LogP contribution in [-0.2, 0) is 6.42 Å². The molecule has 5 heteroatoms. The molecule has 2 heterocycles. The fourth-order valence-electron chi connectivity index (χ4n) is 2.41. The minimum atomic E-state index is 0.458. The van der Waals surface area contributed by atoms with Gasteiger partial charge in [-0.2, -0.15) is 5.26 Å². The van der Waals surface area contributed by atoms with Gasteiger partial charge >= 0.3 is 0 Å². The second-order valence-corrected chi connectivity index (χ2v) is 5.00. The first kappa shape index (κ1) is 13.8. The molecule has 0 spiro atoms. The summed E-state index contributed by atoms with van der Waals surface area (Å²) in [7, 11) is 0. The Morgan fingerprint density at radius 1 is 1.42 bits per heavy atom. The van der Waals surface area contributed by atoms with E-state index in [1.165, 1.54) is 0 Å². The lowest BCUT2D eigenvalue weighted by atomic mass is 10.1. The zero-order valence-electron chi connectivity index (χ0n) is 11.5. The fraction of sp³-hybridized carbons (Fsp3) is 0.643. The third-order valence-electron chi connectivity index (χ3n) is 3.46. The van der Waals surface area contributed by atoms with E-state index in [4.69, 9.17) is 5.26 Å². The molecule has 0 aliphatic carbocycles. The van der Waals surface area contributed by atoms with Crippen molar-refractivity contribution in [3.63, 3.8) is 0 Å². The van der Waals surface area contributed by atoms with E-state index in [-0.39, 0.29) is 0 Å². The topological polar surface area (TPSA) is 64.8 Å². The van der Waals surface area contributed by atoms with Crippen molar-refractivity contribution in [3.8, 4) is 6.07 Å². The lowest BCUT2D eigenvalue weighted by molar-refractivity contribution is 0.242. The Hall–Kier alpha value is -1.67. The zero-order chi connectivity index (χ0) is 13.5. The van der Waals surface area contributed by atoms with Crippen LogP contribution in [0.5, 0.6) is 0 Å². The molecular formula is C14H21N5. The summed E-state index contributed by atoms with van der Waals surface area (Å²) in [5, 5.41) is 12.2. The van der Waals surface area contributed by atoms with Gasteiger partial charge in [-0.15, -0.1) is 0 Å². The van der Waals surface area contributed by atoms with Gasteiger partial charge in [0.2, 0.25) is 0 Å². The van der Waals surface area contributed by atoms with Gasteiger partial charge in [-0.25, -0.2) is 9.97 Å². The number of aromatic nitrogens is 2. The zero-order valence-corrected chi connectivity index (χ0v) is 11.5. The smallest absolute Gasteiger partial charge is 0.129 e. The average Bonchev–Trinajstić information content (AvgIpc) is 2.42. The number of hydrogen-bond acceptors (Lipinski definition) is 5. The van der Waals surface area contributed by atoms with Gasteiger partial charge in [0.1, 0.15) is 12.1 Å². The maximum Gasteiger partial charge on any atom is 0.129 e. The van der Waals surface area contributed by atoms with Crippen LogP contribution in [0.1, 0.15) is 31.9 Å². The molecule has 1 aliphatic rings. The Balaban J connectivity index is 1.85. The molecule has 1 aliphatic heterocycles. The normalized spacial score (nSPS) is 17.1. The van der Waals surface area contributed by atoms with Gasteiger partial charge in [0, 0.05) is 30.9 Å². The summed E-state index contributed by atoms with van der Waals surface area (Å²) >= 11 is 0. The molecule has 5 nitrogen and oxygen atoms in total. The molecule has 1 saturated heterocycles. The van der Waals surface area contributed by atoms with Crippen molar-refractivity contribution in [1.29, 1.82) is 5.26 Å². The maximum absolute atomic E-state index is 8.68. The average molecular weight is 259 g/mol. The van der Waals surface area contributed by atoms with E-state index in [0.29, 0.717) is 12.6 Å². The highest BCUT2D eigenvalue weighted by molar-refractivity contribution is 5.36. The van der Waals surface area contributed by atoms with Crippen molar-refractivity contribution in [2.45, 2.75) is 38.6 Å². The lowest BCUT2D eigenvalue weighted by Crippen LogP contribution is -2.39. The van der Waals surface area contributed by atoms with Gasteiger partial charge < -0.3 is 5.32 Å². The van der Waals surface area contributed by atoms with E-state index >= 15 is 0 Å². The molecule has 1 N–H and O–H groups in total. The van der Waals surface area contributed by atoms with Gasteiger partial charge in [0.25, 0.3) is 0 Å². The summed E-state index contributed by atoms with van der Waals surface area (Å²) in [6.45, 7) is 4.66. The molecule has 1 fully saturated rings. The number of likely N-dealkylation sites (tertiary alicyclic amines) is 1. The second-order valence-electron chi connectivity index (χ2n) is 5.00. The van der Waals surface area contributed by atoms with Gasteiger partial charge in [-0.1, -0.05) is 13.3 Å². The number of piperidine rings is 1. The Morgan fingerprint density at radius 3 is 2.89 bits per heavy atom. The number of nitrogens with zero attached hydrogens (tertiary/aromatic N) is 4. The molecule has 0 amide bonds. The first-order chi connectivity index (χ1) is 9.31. The third-order valence-corrected chi connectivity index (χ3v) is 3.46. The molecule has 0 saturated carbocycles. The van der Waals surface area contributed by atoms with Gasteiger partial charge in [-0.3, -0.25) is 4.90 Å². The molecule has 0 aromatic carbocycles. The Bertz CT molecular complexity index is 432. The highest BCUT2D eigenvalue weighted by Gasteiger charge is 2.18. The Morgan fingerprint density at radius 2 is 2.21 bits per heavy atom. The van der Waals surface area contributed by atoms with Crippen molar-refractivity contribution in [2.24, 2.45) is 0 Å². The quantitative estimate of drug-likeness (QED) is 0.817. The van der Waals surface area contributed by atoms with Crippen molar-refractivity contribution < 1.29 is 0 Å². The van der Waals surface area contributed by atoms with E-state index < -0.39 is 0 Å². The predicted octanol–water partition coefficient (Wildman–Crippen LogP) is 1.83. The number of aryl methyl sites for hydroxylation is 1. The van der Waals surface area contributed by atoms with Crippen LogP contribution in [0.25, 0.3) is 0 Å². The van der Waals surface area contributed by atoms with Crippen molar-refractivity contribution in [1.82, 2.24) is 14.9 Å². The number of hydrogen-bond donors (Lipinski definition) is 1. The standard InChI is InChI=1S/C14H21N5/c1-2-3-13-10-14(17-11-16-13)18-12-4-7-19(8-5-12)9-6-15/h10-12H,2-5,7-9H2,1H3,(H,16,17,18). The van der Waals surface area contributed by atoms with E-state index in [1.807, 2.05) is 6.07 Å². The van der Waals surface area contributed by atoms with E-state index in [9.17, 15) is 0 Å². The second kappa shape index (κ2) is 7.05. The van der Waals surface area contributed by atoms with E-state index in [0.717, 1.165) is 50.3 Å². The van der Waals surface area contributed by atoms with Crippen LogP contribution in [0, 0.1) is 11.3 Å². The molecule has 102 valence electrons. The van der Waals surface area contributed by atoms with Gasteiger partial charge in [0.15, 0.2) is 0 Å². The van der Waals surface area contributed by atoms with Crippen LogP contribution in [0.3, 0.4) is 0 Å². The molecule has 0 unspecified atom stereocenters. The number of anilines is 1. The van der Waals surface area contributed by atoms with E-state index in [2.05, 4.69) is 33.2 Å². The number of rotatable bonds is 5. The molecule has 0 atom stereocenters. The first-order valence-electron chi connectivity index (χ1n) is 6.98. The predicted molar refractivity (Wildman–Crippen MR) is 74.7 cm³/mol. The SMILES string of the molecule is CCCc1cc(NC2CCN(CC#N)CC2)ncn1. The highest BCUT2D eigenvalue weighted by Crippen LogP contribution is 2.15. The first-order valence-corrected chi connectivity index (χ1v) is 6.98. The van der Waals surface area contributed by atoms with Crippen molar-refractivity contribution in [2.75, 3.05) is 25.0 Å². The Kier molecular flexibility index (Phi) is 5.10. The molecule has 2 rings (SSSR count). The summed E-state index contributed by atoms with van der Waals surface area (Å²) in [5.74, 6) is 0.928. The monoisotopic (exact) mass is 259 g/mol. The van der Waals surface area contributed by atoms with Crippen LogP contribution in [-0.4, -0.2) is 40.5 Å². The minimum Gasteiger partial charge on any atom is -0.367 e. The summed E-state index contributed by atoms with van der Waals surface area (Å²) in [6, 6.07) is 4.71. The van der Waals surface area contributed by atoms with Crippen LogP contribution in [0.4, 0.5) is 5.82 Å². The summed E-state index contributed by atoms with van der Waals surface area (Å²) in [4.78, 5) is 10.7. The minimum absolute atomic E-state index is 0.458. The summed E-state index contributed by atoms with van der Waals surface area (Å²) in [6.07, 6.45) is 5.86. The van der Waals surface area contributed by atoms with Crippen molar-refractivity contribution in [3.05, 3.63) is 18.1 Å². The van der Waals surface area contributed by atoms with Crippen molar-refractivity contribution >= 4 is 5.82 Å². The van der Waals surface area contributed by atoms with Gasteiger partial charge in [0.05, 0.1) is 12.6 Å². The Labute approximate surface area is 114 Å². The summed E-state index contributed by atoms with van der Waals surface area (Å²) in [5.41, 5.74) is 1.10. The number of nitriles is 1. The lowest BCUT2D eigenvalue weighted by Gasteiger charge is -2.30. The van der Waals surface area contributed by atoms with Gasteiger partial charge in [-0.05, 0) is 19.3 Å². The van der Waals surface area contributed by atoms with Crippen LogP contribution < -0.4 is 5.32 Å². The third kappa shape index (κ3) is 4.18. The molecule has 0 radical (unpaired) electrons. The molecular weight excluding hydrogens is 238 g/mol. The fourth-order valence-corrected chi connectivity index (χ4v) is 2.41. The molecule has 1 aromatic heterocycles. The molecule has 19 heavy (non-hydrogen) atoms. The number of nitrogens with one attached hydrogen (secondary N) is 1.